The quantitative estimate of drug-likeness (QED) is 0.0228. The Hall–Kier alpha value is -7.44. The van der Waals surface area contributed by atoms with E-state index in [0.29, 0.717) is 56.4 Å². The zero-order chi connectivity index (χ0) is 45.2. The molecule has 0 bridgehead atoms. The number of fused-ring (bicyclic) bond motifs is 2. The number of aromatic nitrogens is 9. The number of nitrogens with one attached hydrogen (secondary N) is 4. The highest BCUT2D eigenvalue weighted by molar-refractivity contribution is 5.94. The molecule has 1 aliphatic rings. The maximum atomic E-state index is 13.7. The second kappa shape index (κ2) is 20.6. The number of imidazole rings is 2. The van der Waals surface area contributed by atoms with Gasteiger partial charge in [0.1, 0.15) is 18.0 Å². The van der Waals surface area contributed by atoms with E-state index in [2.05, 4.69) is 53.2 Å². The number of rotatable bonds is 23. The zero-order valence-electron chi connectivity index (χ0n) is 36.2. The van der Waals surface area contributed by atoms with Crippen LogP contribution in [0.25, 0.3) is 16.7 Å². The number of likely N-dealkylation sites (N-methyl/N-ethyl adjacent to an activating group) is 1. The van der Waals surface area contributed by atoms with Gasteiger partial charge in [-0.1, -0.05) is 29.5 Å². The van der Waals surface area contributed by atoms with Crippen LogP contribution in [0.5, 0.6) is 0 Å². The number of nitrogens with zero attached hydrogens (tertiary/aromatic N) is 10. The Bertz CT molecular complexity index is 2740. The summed E-state index contributed by atoms with van der Waals surface area (Å²) in [6, 6.07) is 12.0. The minimum atomic E-state index is -1.08. The van der Waals surface area contributed by atoms with E-state index < -0.39 is 24.2 Å². The smallest absolute Gasteiger partial charge is 0.329 e. The van der Waals surface area contributed by atoms with Gasteiger partial charge in [0.15, 0.2) is 23.4 Å². The highest BCUT2D eigenvalue weighted by atomic mass is 19.1. The molecule has 18 nitrogen and oxygen atoms in total. The molecule has 1 fully saturated rings. The molecule has 1 aromatic carbocycles. The number of anilines is 3. The molecule has 5 aromatic heterocycles. The normalized spacial score (nSPS) is 15.3. The molecule has 3 atom stereocenters. The van der Waals surface area contributed by atoms with Gasteiger partial charge in [-0.15, -0.1) is 16.8 Å². The molecule has 64 heavy (non-hydrogen) atoms. The maximum Gasteiger partial charge on any atom is 0.329 e. The monoisotopic (exact) mass is 872 g/mol. The van der Waals surface area contributed by atoms with Crippen LogP contribution >= 0.6 is 0 Å². The Kier molecular flexibility index (Phi) is 14.4. The summed E-state index contributed by atoms with van der Waals surface area (Å²) < 4.78 is 20.1. The minimum Gasteiger partial charge on any atom is -0.382 e. The predicted octanol–water partition coefficient (Wildman–Crippen LogP) is 4.68. The second-order valence-electron chi connectivity index (χ2n) is 15.6. The van der Waals surface area contributed by atoms with Crippen LogP contribution in [-0.4, -0.2) is 94.7 Å². The van der Waals surface area contributed by atoms with Crippen LogP contribution in [0.1, 0.15) is 66.3 Å². The molecule has 0 saturated heterocycles. The van der Waals surface area contributed by atoms with Crippen LogP contribution < -0.4 is 31.9 Å². The molecule has 7 rings (SSSR count). The number of amides is 2. The van der Waals surface area contributed by atoms with Gasteiger partial charge >= 0.3 is 5.69 Å². The van der Waals surface area contributed by atoms with Gasteiger partial charge in [-0.25, -0.2) is 23.7 Å². The lowest BCUT2D eigenvalue weighted by molar-refractivity contribution is -0.124. The summed E-state index contributed by atoms with van der Waals surface area (Å²) in [5, 5.41) is 25.1. The number of carbonyl (C=O) groups is 3. The molecule has 0 aliphatic heterocycles. The van der Waals surface area contributed by atoms with E-state index in [1.165, 1.54) is 10.7 Å². The molecule has 334 valence electrons. The molecule has 6 aromatic rings. The van der Waals surface area contributed by atoms with E-state index >= 15 is 0 Å². The number of halogens is 1. The molecule has 5 heterocycles. The summed E-state index contributed by atoms with van der Waals surface area (Å²) in [5.41, 5.74) is 4.50. The number of alkyl halides is 1. The van der Waals surface area contributed by atoms with Crippen molar-refractivity contribution in [3.05, 3.63) is 125 Å². The summed E-state index contributed by atoms with van der Waals surface area (Å²) in [6.45, 7) is 4.96. The number of benzene rings is 1. The summed E-state index contributed by atoms with van der Waals surface area (Å²) in [4.78, 5) is 62.1. The molecule has 19 heteroatoms. The van der Waals surface area contributed by atoms with Crippen molar-refractivity contribution >= 4 is 52.1 Å². The van der Waals surface area contributed by atoms with Gasteiger partial charge in [-0.2, -0.15) is 0 Å². The molecule has 4 N–H and O–H groups in total. The lowest BCUT2D eigenvalue weighted by Gasteiger charge is -2.16. The van der Waals surface area contributed by atoms with Crippen LogP contribution in [-0.2, 0) is 36.0 Å². The molecule has 0 radical (unpaired) electrons. The predicted molar refractivity (Wildman–Crippen MR) is 243 cm³/mol. The van der Waals surface area contributed by atoms with Gasteiger partial charge in [0.05, 0.1) is 40.4 Å². The first-order valence-corrected chi connectivity index (χ1v) is 21.3. The van der Waals surface area contributed by atoms with Crippen molar-refractivity contribution in [1.29, 1.82) is 0 Å². The second-order valence-corrected chi connectivity index (χ2v) is 15.6. The molecule has 0 spiro atoms. The standard InChI is InChI=1S/C45H53FN14O4/c1-5-6-18-37(43(62)47-2)59-36-19-11-15-30(41(36)57(4)45(59)64)14-8-10-24-58-28-31(53-55-58)16-12-22-48-35-26-39(51-32(29-61)17-13-23-56(3)40-20-7-9-21-49-40)54-60-38(27-50-42(35)60)44(63)52-34-25-33(34)46/h5,7,9,11,13,15,17,19-21,23,26-29,33-34,37,48H,1,6,8,10,12,14,16,18,22,24-25H2,2-4H3,(H,47,62)(H,51,54)(H,52,63)/b23-13-,32-17+. The highest BCUT2D eigenvalue weighted by Crippen LogP contribution is 2.27. The number of pyridine rings is 1. The molecule has 1 aliphatic carbocycles. The van der Waals surface area contributed by atoms with Crippen LogP contribution in [0.2, 0.25) is 0 Å². The Balaban J connectivity index is 0.960. The molecular formula is C45H53FN14O4. The number of aryl methyl sites for hydroxylation is 4. The Labute approximate surface area is 368 Å². The number of para-hydroxylation sites is 1. The average Bonchev–Trinajstić information content (AvgIpc) is 3.58. The number of unbranched alkanes of at least 4 members (excludes halogenated alkanes) is 1. The van der Waals surface area contributed by atoms with Crippen molar-refractivity contribution < 1.29 is 18.8 Å². The van der Waals surface area contributed by atoms with Crippen LogP contribution in [0.3, 0.4) is 0 Å². The van der Waals surface area contributed by atoms with E-state index in [0.717, 1.165) is 47.4 Å². The van der Waals surface area contributed by atoms with Crippen molar-refractivity contribution in [2.24, 2.45) is 7.05 Å². The number of carbonyl (C=O) groups excluding carboxylic acids is 3. The first kappa shape index (κ1) is 44.6. The topological polar surface area (TPSA) is 203 Å². The largest absolute Gasteiger partial charge is 0.382 e. The summed E-state index contributed by atoms with van der Waals surface area (Å²) in [5.74, 6) is 0.287. The van der Waals surface area contributed by atoms with E-state index in [-0.39, 0.29) is 35.2 Å². The average molecular weight is 873 g/mol. The molecule has 3 unspecified atom stereocenters. The molecule has 1 saturated carbocycles. The van der Waals surface area contributed by atoms with Gasteiger partial charge in [0, 0.05) is 65.3 Å². The molecule has 2 amide bonds. The van der Waals surface area contributed by atoms with Gasteiger partial charge in [0.2, 0.25) is 5.91 Å². The van der Waals surface area contributed by atoms with Gasteiger partial charge < -0.3 is 26.2 Å². The van der Waals surface area contributed by atoms with Crippen LogP contribution in [0.15, 0.2) is 103 Å². The van der Waals surface area contributed by atoms with Crippen molar-refractivity contribution in [1.82, 2.24) is 54.3 Å². The minimum absolute atomic E-state index is 0.124. The number of hydrogen-bond donors (Lipinski definition) is 4. The Morgan fingerprint density at radius 2 is 1.95 bits per heavy atom. The van der Waals surface area contributed by atoms with E-state index in [9.17, 15) is 23.6 Å². The summed E-state index contributed by atoms with van der Waals surface area (Å²) in [7, 11) is 5.17. The number of hydrogen-bond acceptors (Lipinski definition) is 12. The zero-order valence-corrected chi connectivity index (χ0v) is 36.2. The van der Waals surface area contributed by atoms with E-state index in [1.807, 2.05) is 54.3 Å². The fourth-order valence-corrected chi connectivity index (χ4v) is 7.53. The lowest BCUT2D eigenvalue weighted by Crippen LogP contribution is -2.35. The fourth-order valence-electron chi connectivity index (χ4n) is 7.53. The Morgan fingerprint density at radius 1 is 1.11 bits per heavy atom. The van der Waals surface area contributed by atoms with Gasteiger partial charge in [0.25, 0.3) is 5.91 Å². The Morgan fingerprint density at radius 3 is 2.70 bits per heavy atom. The maximum absolute atomic E-state index is 13.7. The van der Waals surface area contributed by atoms with Crippen molar-refractivity contribution in [3.63, 3.8) is 0 Å². The van der Waals surface area contributed by atoms with Crippen molar-refractivity contribution in [2.45, 2.75) is 76.2 Å². The number of aldehydes is 1. The van der Waals surface area contributed by atoms with E-state index in [1.54, 1.807) is 64.8 Å². The van der Waals surface area contributed by atoms with Crippen molar-refractivity contribution in [2.75, 3.05) is 36.2 Å². The van der Waals surface area contributed by atoms with Crippen LogP contribution in [0, 0.1) is 0 Å². The third kappa shape index (κ3) is 10.4. The number of allylic oxidation sites excluding steroid dienone is 4. The van der Waals surface area contributed by atoms with E-state index in [4.69, 9.17) is 0 Å². The SMILES string of the molecule is C=CCCC(C(=O)NC)n1c(=O)n(C)c2c(CCCCn3cc(CCCNc4cc(N/C(C=O)=C/C=C\N(C)c5ccccn5)nn5c(C(=O)NC6CC6F)cnc45)nn3)cccc21. The first-order valence-electron chi connectivity index (χ1n) is 21.3. The van der Waals surface area contributed by atoms with Crippen molar-refractivity contribution in [3.8, 4) is 0 Å². The lowest BCUT2D eigenvalue weighted by atomic mass is 10.1. The first-order chi connectivity index (χ1) is 31.1. The van der Waals surface area contributed by atoms with Gasteiger partial charge in [-0.3, -0.25) is 28.2 Å². The summed E-state index contributed by atoms with van der Waals surface area (Å²) in [6.07, 6.45) is 16.5. The molecular weight excluding hydrogens is 820 g/mol. The van der Waals surface area contributed by atoms with Gasteiger partial charge in [-0.05, 0) is 80.9 Å². The highest BCUT2D eigenvalue weighted by Gasteiger charge is 2.39. The fraction of sp³-hybridized carbons (Fsp3) is 0.356. The summed E-state index contributed by atoms with van der Waals surface area (Å²) >= 11 is 0. The third-order valence-electron chi connectivity index (χ3n) is 11.0. The third-order valence-corrected chi connectivity index (χ3v) is 11.0. The van der Waals surface area contributed by atoms with Crippen LogP contribution in [0.4, 0.5) is 21.7 Å².